The van der Waals surface area contributed by atoms with E-state index in [-0.39, 0.29) is 36.2 Å². The van der Waals surface area contributed by atoms with Gasteiger partial charge in [0.25, 0.3) is 5.91 Å². The molecule has 0 atom stereocenters. The molecule has 1 amide bonds. The molecule has 0 saturated carbocycles. The molecular formula is C17H24ClFN2O2S. The molecule has 1 aromatic carbocycles. The summed E-state index contributed by atoms with van der Waals surface area (Å²) in [6.07, 6.45) is 0. The third-order valence-corrected chi connectivity index (χ3v) is 5.00. The first-order valence-electron chi connectivity index (χ1n) is 7.45. The molecule has 4 nitrogen and oxygen atoms in total. The van der Waals surface area contributed by atoms with E-state index < -0.39 is 0 Å². The fraction of sp³-hybridized carbons (Fsp3) is 0.471. The average Bonchev–Trinajstić information content (AvgIpc) is 2.86. The Morgan fingerprint density at radius 3 is 2.67 bits per heavy atom. The first-order chi connectivity index (χ1) is 10.8. The summed E-state index contributed by atoms with van der Waals surface area (Å²) in [6, 6.07) is 4.88. The van der Waals surface area contributed by atoms with Gasteiger partial charge in [0, 0.05) is 36.4 Å². The fourth-order valence-electron chi connectivity index (χ4n) is 2.57. The Balaban J connectivity index is 0.00000288. The van der Waals surface area contributed by atoms with Gasteiger partial charge in [-0.05, 0) is 24.1 Å². The number of nitrogens with zero attached hydrogens (tertiary/aromatic N) is 1. The molecule has 7 heteroatoms. The largest absolute Gasteiger partial charge is 0.380 e. The number of rotatable bonds is 6. The second kappa shape index (κ2) is 8.25. The van der Waals surface area contributed by atoms with Gasteiger partial charge in [-0.3, -0.25) is 4.79 Å². The molecule has 0 radical (unpaired) electrons. The second-order valence-corrected chi connectivity index (χ2v) is 7.54. The van der Waals surface area contributed by atoms with Crippen LogP contribution in [0.15, 0.2) is 18.2 Å². The number of methoxy groups -OCH3 is 1. The number of ether oxygens (including phenoxy) is 1. The molecule has 24 heavy (non-hydrogen) atoms. The Morgan fingerprint density at radius 1 is 1.42 bits per heavy atom. The summed E-state index contributed by atoms with van der Waals surface area (Å²) in [5, 5.41) is 0.481. The van der Waals surface area contributed by atoms with Crippen LogP contribution in [0.5, 0.6) is 0 Å². The van der Waals surface area contributed by atoms with Gasteiger partial charge in [-0.2, -0.15) is 0 Å². The van der Waals surface area contributed by atoms with Gasteiger partial charge in [-0.1, -0.05) is 19.9 Å². The maximum Gasteiger partial charge on any atom is 0.264 e. The molecule has 2 aromatic rings. The number of carbonyl (C=O) groups is 1. The van der Waals surface area contributed by atoms with Crippen LogP contribution in [0.4, 0.5) is 4.39 Å². The zero-order chi connectivity index (χ0) is 17.2. The van der Waals surface area contributed by atoms with Crippen LogP contribution < -0.4 is 5.73 Å². The maximum atomic E-state index is 14.2. The highest BCUT2D eigenvalue weighted by Crippen LogP contribution is 2.34. The lowest BCUT2D eigenvalue weighted by Gasteiger charge is -2.29. The van der Waals surface area contributed by atoms with Gasteiger partial charge in [0.2, 0.25) is 0 Å². The highest BCUT2D eigenvalue weighted by atomic mass is 35.5. The molecule has 0 aliphatic carbocycles. The molecule has 1 heterocycles. The first-order valence-corrected chi connectivity index (χ1v) is 8.26. The summed E-state index contributed by atoms with van der Waals surface area (Å²) in [7, 11) is 3.29. The van der Waals surface area contributed by atoms with Crippen LogP contribution in [0.25, 0.3) is 10.1 Å². The van der Waals surface area contributed by atoms with Crippen molar-refractivity contribution in [3.05, 3.63) is 34.5 Å². The van der Waals surface area contributed by atoms with E-state index in [1.165, 1.54) is 17.4 Å². The van der Waals surface area contributed by atoms with Gasteiger partial charge in [-0.25, -0.2) is 4.39 Å². The van der Waals surface area contributed by atoms with Crippen molar-refractivity contribution < 1.29 is 13.9 Å². The van der Waals surface area contributed by atoms with Crippen molar-refractivity contribution in [2.45, 2.75) is 20.5 Å². The topological polar surface area (TPSA) is 55.6 Å². The Hall–Kier alpha value is -1.21. The van der Waals surface area contributed by atoms with Crippen molar-refractivity contribution in [1.29, 1.82) is 0 Å². The van der Waals surface area contributed by atoms with Crippen LogP contribution in [-0.2, 0) is 11.3 Å². The normalized spacial score (nSPS) is 11.4. The second-order valence-electron chi connectivity index (χ2n) is 6.49. The monoisotopic (exact) mass is 374 g/mol. The van der Waals surface area contributed by atoms with Gasteiger partial charge in [-0.15, -0.1) is 23.7 Å². The number of amides is 1. The van der Waals surface area contributed by atoms with E-state index >= 15 is 0 Å². The highest BCUT2D eigenvalue weighted by molar-refractivity contribution is 7.21. The number of halogens is 2. The number of thiophene rings is 1. The molecular weight excluding hydrogens is 351 g/mol. The summed E-state index contributed by atoms with van der Waals surface area (Å²) >= 11 is 1.31. The Bertz CT molecular complexity index is 718. The van der Waals surface area contributed by atoms with Crippen molar-refractivity contribution in [3.63, 3.8) is 0 Å². The lowest BCUT2D eigenvalue weighted by molar-refractivity contribution is 0.0741. The molecule has 0 unspecified atom stereocenters. The van der Waals surface area contributed by atoms with Crippen LogP contribution in [-0.4, -0.2) is 38.1 Å². The molecule has 0 saturated heterocycles. The van der Waals surface area contributed by atoms with E-state index in [0.29, 0.717) is 28.9 Å². The van der Waals surface area contributed by atoms with Crippen LogP contribution in [0.2, 0.25) is 0 Å². The zero-order valence-corrected chi connectivity index (χ0v) is 16.0. The van der Waals surface area contributed by atoms with Crippen molar-refractivity contribution >= 4 is 39.7 Å². The number of hydrogen-bond donors (Lipinski definition) is 1. The molecule has 0 spiro atoms. The third kappa shape index (κ3) is 4.25. The number of hydrogen-bond acceptors (Lipinski definition) is 4. The molecule has 0 aliphatic heterocycles. The summed E-state index contributed by atoms with van der Waals surface area (Å²) in [4.78, 5) is 15.0. The van der Waals surface area contributed by atoms with Gasteiger partial charge >= 0.3 is 0 Å². The van der Waals surface area contributed by atoms with Gasteiger partial charge in [0.1, 0.15) is 5.82 Å². The molecule has 0 fully saturated rings. The standard InChI is InChI=1S/C17H23FN2O2S.ClH/c1-17(2,9-19)10-20(3)16(21)15-11(8-22-4)14-12(18)6-5-7-13(14)23-15;/h5-7H,8-10,19H2,1-4H3;1H. The Morgan fingerprint density at radius 2 is 2.08 bits per heavy atom. The maximum absolute atomic E-state index is 14.2. The predicted molar refractivity (Wildman–Crippen MR) is 99.5 cm³/mol. The third-order valence-electron chi connectivity index (χ3n) is 3.81. The quantitative estimate of drug-likeness (QED) is 0.839. The highest BCUT2D eigenvalue weighted by Gasteiger charge is 2.26. The van der Waals surface area contributed by atoms with Crippen LogP contribution in [0, 0.1) is 11.2 Å². The van der Waals surface area contributed by atoms with E-state index in [1.807, 2.05) is 19.9 Å². The summed E-state index contributed by atoms with van der Waals surface area (Å²) < 4.78 is 20.1. The molecule has 2 N–H and O–H groups in total. The minimum absolute atomic E-state index is 0. The number of benzene rings is 1. The minimum atomic E-state index is -0.324. The molecule has 0 aliphatic rings. The van der Waals surface area contributed by atoms with Gasteiger partial charge in [0.05, 0.1) is 11.5 Å². The van der Waals surface area contributed by atoms with E-state index in [0.717, 1.165) is 4.70 Å². The lowest BCUT2D eigenvalue weighted by Crippen LogP contribution is -2.39. The lowest BCUT2D eigenvalue weighted by atomic mass is 9.93. The van der Waals surface area contributed by atoms with Crippen molar-refractivity contribution in [2.24, 2.45) is 11.1 Å². The molecule has 1 aromatic heterocycles. The van der Waals surface area contributed by atoms with E-state index in [2.05, 4.69) is 0 Å². The molecule has 0 bridgehead atoms. The SMILES string of the molecule is COCc1c(C(=O)N(C)CC(C)(C)CN)sc2cccc(F)c12.Cl. The number of nitrogens with two attached hydrogens (primary N) is 1. The van der Waals surface area contributed by atoms with Gasteiger partial charge in [0.15, 0.2) is 0 Å². The minimum Gasteiger partial charge on any atom is -0.380 e. The van der Waals surface area contributed by atoms with E-state index in [1.54, 1.807) is 25.1 Å². The van der Waals surface area contributed by atoms with Crippen LogP contribution in [0.1, 0.15) is 29.1 Å². The summed E-state index contributed by atoms with van der Waals surface area (Å²) in [5.74, 6) is -0.450. The molecule has 2 rings (SSSR count). The van der Waals surface area contributed by atoms with Crippen LogP contribution in [0.3, 0.4) is 0 Å². The first kappa shape index (κ1) is 20.8. The summed E-state index contributed by atoms with van der Waals surface area (Å²) in [6.45, 7) is 5.24. The van der Waals surface area contributed by atoms with Crippen molar-refractivity contribution in [1.82, 2.24) is 4.90 Å². The van der Waals surface area contributed by atoms with Crippen LogP contribution >= 0.6 is 23.7 Å². The predicted octanol–water partition coefficient (Wildman–Crippen LogP) is 3.67. The van der Waals surface area contributed by atoms with Crippen molar-refractivity contribution in [3.8, 4) is 0 Å². The Kier molecular flexibility index (Phi) is 7.16. The van der Waals surface area contributed by atoms with Crippen molar-refractivity contribution in [2.75, 3.05) is 27.2 Å². The fourth-order valence-corrected chi connectivity index (χ4v) is 3.79. The van der Waals surface area contributed by atoms with E-state index in [9.17, 15) is 9.18 Å². The smallest absolute Gasteiger partial charge is 0.264 e. The summed E-state index contributed by atoms with van der Waals surface area (Å²) in [5.41, 5.74) is 6.19. The average molecular weight is 375 g/mol. The van der Waals surface area contributed by atoms with Gasteiger partial charge < -0.3 is 15.4 Å². The number of carbonyl (C=O) groups excluding carboxylic acids is 1. The zero-order valence-electron chi connectivity index (χ0n) is 14.4. The Labute approximate surface area is 152 Å². The van der Waals surface area contributed by atoms with E-state index in [4.69, 9.17) is 10.5 Å². The molecule has 134 valence electrons. The number of fused-ring (bicyclic) bond motifs is 1.